The lowest BCUT2D eigenvalue weighted by atomic mass is 10.1. The summed E-state index contributed by atoms with van der Waals surface area (Å²) >= 11 is 0. The number of carbonyl (C=O) groups is 1. The van der Waals surface area contributed by atoms with Crippen LogP contribution in [0.4, 0.5) is 10.1 Å². The van der Waals surface area contributed by atoms with Crippen LogP contribution in [0.1, 0.15) is 10.4 Å². The Morgan fingerprint density at radius 2 is 2.20 bits per heavy atom. The van der Waals surface area contributed by atoms with Gasteiger partial charge in [0.15, 0.2) is 11.6 Å². The Bertz CT molecular complexity index is 431. The van der Waals surface area contributed by atoms with Gasteiger partial charge < -0.3 is 9.84 Å². The zero-order valence-corrected chi connectivity index (χ0v) is 7.56. The van der Waals surface area contributed by atoms with E-state index in [2.05, 4.69) is 4.74 Å². The van der Waals surface area contributed by atoms with Gasteiger partial charge in [-0.2, -0.15) is 0 Å². The molecule has 0 aliphatic carbocycles. The number of halogens is 1. The number of aromatic carboxylic acids is 1. The third-order valence-electron chi connectivity index (χ3n) is 1.70. The molecule has 1 N–H and O–H groups in total. The van der Waals surface area contributed by atoms with Crippen molar-refractivity contribution in [3.63, 3.8) is 0 Å². The summed E-state index contributed by atoms with van der Waals surface area (Å²) in [6.45, 7) is 0. The zero-order valence-electron chi connectivity index (χ0n) is 7.56. The summed E-state index contributed by atoms with van der Waals surface area (Å²) in [6.07, 6.45) is 0. The highest BCUT2D eigenvalue weighted by atomic mass is 19.1. The number of nitrogens with zero attached hydrogens (tertiary/aromatic N) is 1. The van der Waals surface area contributed by atoms with Gasteiger partial charge in [-0.15, -0.1) is 0 Å². The molecular weight excluding hydrogens is 209 g/mol. The highest BCUT2D eigenvalue weighted by Gasteiger charge is 2.23. The number of methoxy groups -OCH3 is 1. The normalized spacial score (nSPS) is 9.73. The molecule has 0 fully saturated rings. The summed E-state index contributed by atoms with van der Waals surface area (Å²) in [5, 5.41) is 19.1. The van der Waals surface area contributed by atoms with Crippen molar-refractivity contribution in [3.8, 4) is 5.75 Å². The molecule has 7 heteroatoms. The summed E-state index contributed by atoms with van der Waals surface area (Å²) in [7, 11) is 1.13. The van der Waals surface area contributed by atoms with Gasteiger partial charge in [-0.3, -0.25) is 10.1 Å². The molecule has 0 saturated carbocycles. The first-order chi connectivity index (χ1) is 6.97. The van der Waals surface area contributed by atoms with Crippen molar-refractivity contribution < 1.29 is 24.0 Å². The zero-order chi connectivity index (χ0) is 11.6. The molecule has 0 saturated heterocycles. The van der Waals surface area contributed by atoms with Gasteiger partial charge in [0.05, 0.1) is 18.1 Å². The van der Waals surface area contributed by atoms with E-state index >= 15 is 0 Å². The minimum atomic E-state index is -1.51. The minimum absolute atomic E-state index is 0.349. The van der Waals surface area contributed by atoms with E-state index in [9.17, 15) is 19.3 Å². The van der Waals surface area contributed by atoms with E-state index in [0.29, 0.717) is 6.07 Å². The number of benzene rings is 1. The molecule has 0 aromatic heterocycles. The first kappa shape index (κ1) is 10.9. The fourth-order valence-corrected chi connectivity index (χ4v) is 1.02. The number of rotatable bonds is 3. The van der Waals surface area contributed by atoms with E-state index in [0.717, 1.165) is 13.2 Å². The van der Waals surface area contributed by atoms with Crippen molar-refractivity contribution in [2.45, 2.75) is 0 Å². The molecule has 0 heterocycles. The first-order valence-electron chi connectivity index (χ1n) is 3.72. The van der Waals surface area contributed by atoms with Gasteiger partial charge in [0.2, 0.25) is 0 Å². The van der Waals surface area contributed by atoms with E-state index in [1.165, 1.54) is 0 Å². The number of hydrogen-bond donors (Lipinski definition) is 1. The van der Waals surface area contributed by atoms with Crippen LogP contribution in [0.25, 0.3) is 0 Å². The van der Waals surface area contributed by atoms with Crippen molar-refractivity contribution in [1.82, 2.24) is 0 Å². The Hall–Kier alpha value is -2.18. The predicted molar refractivity (Wildman–Crippen MR) is 46.6 cm³/mol. The van der Waals surface area contributed by atoms with Crippen molar-refractivity contribution in [2.24, 2.45) is 0 Å². The van der Waals surface area contributed by atoms with Gasteiger partial charge in [-0.05, 0) is 0 Å². The fourth-order valence-electron chi connectivity index (χ4n) is 1.02. The summed E-state index contributed by atoms with van der Waals surface area (Å²) in [6, 6.07) is 1.29. The summed E-state index contributed by atoms with van der Waals surface area (Å²) in [5.74, 6) is -2.84. The topological polar surface area (TPSA) is 89.7 Å². The second kappa shape index (κ2) is 3.91. The van der Waals surface area contributed by atoms with Crippen LogP contribution in [0.3, 0.4) is 0 Å². The summed E-state index contributed by atoms with van der Waals surface area (Å²) < 4.78 is 17.5. The lowest BCUT2D eigenvalue weighted by Crippen LogP contribution is -2.04. The van der Waals surface area contributed by atoms with E-state index in [1.807, 2.05) is 0 Å². The largest absolute Gasteiger partial charge is 0.494 e. The molecule has 15 heavy (non-hydrogen) atoms. The Morgan fingerprint density at radius 3 is 2.60 bits per heavy atom. The van der Waals surface area contributed by atoms with Crippen molar-refractivity contribution in [1.29, 1.82) is 0 Å². The molecule has 0 aliphatic heterocycles. The molecule has 0 amide bonds. The highest BCUT2D eigenvalue weighted by molar-refractivity contribution is 5.92. The summed E-state index contributed by atoms with van der Waals surface area (Å²) in [4.78, 5) is 20.1. The number of nitro benzene ring substituents is 1. The predicted octanol–water partition coefficient (Wildman–Crippen LogP) is 1.44. The number of hydrogen-bond acceptors (Lipinski definition) is 4. The minimum Gasteiger partial charge on any atom is -0.494 e. The summed E-state index contributed by atoms with van der Waals surface area (Å²) in [5.41, 5.74) is -1.42. The van der Waals surface area contributed by atoms with Gasteiger partial charge in [0.25, 0.3) is 5.69 Å². The monoisotopic (exact) mass is 215 g/mol. The van der Waals surface area contributed by atoms with Gasteiger partial charge in [0, 0.05) is 6.07 Å². The number of carboxylic acid groups (broad SMARTS) is 1. The second-order valence-corrected chi connectivity index (χ2v) is 2.57. The molecule has 80 valence electrons. The average Bonchev–Trinajstić information content (AvgIpc) is 2.16. The standard InChI is InChI=1S/C8H6FNO5/c1-15-7-2-4(8(11)12)6(10(13)14)3-5(7)9/h2-3H,1H3,(H,11,12). The van der Waals surface area contributed by atoms with E-state index in [4.69, 9.17) is 5.11 Å². The molecule has 0 spiro atoms. The molecular formula is C8H6FNO5. The fraction of sp³-hybridized carbons (Fsp3) is 0.125. The molecule has 0 bridgehead atoms. The number of carboxylic acids is 1. The smallest absolute Gasteiger partial charge is 0.342 e. The molecule has 0 radical (unpaired) electrons. The Kier molecular flexibility index (Phi) is 2.84. The average molecular weight is 215 g/mol. The Labute approximate surface area is 83.0 Å². The third kappa shape index (κ3) is 2.01. The number of nitro groups is 1. The SMILES string of the molecule is COc1cc(C(=O)O)c([N+](=O)[O-])cc1F. The molecule has 1 aromatic carbocycles. The van der Waals surface area contributed by atoms with Crippen LogP contribution in [0.15, 0.2) is 12.1 Å². The van der Waals surface area contributed by atoms with Crippen LogP contribution >= 0.6 is 0 Å². The van der Waals surface area contributed by atoms with Gasteiger partial charge in [-0.25, -0.2) is 9.18 Å². The molecule has 6 nitrogen and oxygen atoms in total. The van der Waals surface area contributed by atoms with Gasteiger partial charge in [0.1, 0.15) is 5.56 Å². The van der Waals surface area contributed by atoms with Crippen LogP contribution in [0, 0.1) is 15.9 Å². The maximum atomic E-state index is 13.0. The van der Waals surface area contributed by atoms with Crippen LogP contribution in [-0.2, 0) is 0 Å². The van der Waals surface area contributed by atoms with Gasteiger partial charge >= 0.3 is 5.97 Å². The van der Waals surface area contributed by atoms with Crippen LogP contribution in [0.5, 0.6) is 5.75 Å². The van der Waals surface area contributed by atoms with Crippen LogP contribution < -0.4 is 4.74 Å². The van der Waals surface area contributed by atoms with E-state index in [1.54, 1.807) is 0 Å². The highest BCUT2D eigenvalue weighted by Crippen LogP contribution is 2.27. The van der Waals surface area contributed by atoms with E-state index in [-0.39, 0.29) is 5.75 Å². The third-order valence-corrected chi connectivity index (χ3v) is 1.70. The maximum absolute atomic E-state index is 13.0. The van der Waals surface area contributed by atoms with E-state index < -0.39 is 28.0 Å². The Morgan fingerprint density at radius 1 is 1.60 bits per heavy atom. The maximum Gasteiger partial charge on any atom is 0.342 e. The lowest BCUT2D eigenvalue weighted by Gasteiger charge is -2.03. The van der Waals surface area contributed by atoms with Crippen LogP contribution in [-0.4, -0.2) is 23.1 Å². The van der Waals surface area contributed by atoms with Crippen molar-refractivity contribution >= 4 is 11.7 Å². The van der Waals surface area contributed by atoms with Crippen molar-refractivity contribution in [3.05, 3.63) is 33.6 Å². The second-order valence-electron chi connectivity index (χ2n) is 2.57. The number of ether oxygens (including phenoxy) is 1. The Balaban J connectivity index is 3.45. The molecule has 1 aromatic rings. The molecule has 1 rings (SSSR count). The van der Waals surface area contributed by atoms with Gasteiger partial charge in [-0.1, -0.05) is 0 Å². The molecule has 0 atom stereocenters. The molecule has 0 unspecified atom stereocenters. The van der Waals surface area contributed by atoms with Crippen molar-refractivity contribution in [2.75, 3.05) is 7.11 Å². The van der Waals surface area contributed by atoms with Crippen LogP contribution in [0.2, 0.25) is 0 Å². The first-order valence-corrected chi connectivity index (χ1v) is 3.72. The quantitative estimate of drug-likeness (QED) is 0.608. The molecule has 0 aliphatic rings. The lowest BCUT2D eigenvalue weighted by molar-refractivity contribution is -0.385.